The van der Waals surface area contributed by atoms with Gasteiger partial charge >= 0.3 is 22.5 Å². The lowest BCUT2D eigenvalue weighted by molar-refractivity contribution is -0.0527. The Kier molecular flexibility index (Phi) is 10.1. The Labute approximate surface area is 246 Å². The molecule has 11 nitrogen and oxygen atoms in total. The van der Waals surface area contributed by atoms with E-state index in [1.54, 1.807) is 0 Å². The van der Waals surface area contributed by atoms with Gasteiger partial charge in [0.1, 0.15) is 18.3 Å². The van der Waals surface area contributed by atoms with Gasteiger partial charge in [-0.1, -0.05) is 62.3 Å². The van der Waals surface area contributed by atoms with Crippen LogP contribution in [0.5, 0.6) is 0 Å². The largest absolute Gasteiger partial charge is 0.414 e. The van der Waals surface area contributed by atoms with Gasteiger partial charge in [-0.2, -0.15) is 0 Å². The van der Waals surface area contributed by atoms with Gasteiger partial charge in [0.25, 0.3) is 0 Å². The molecule has 1 fully saturated rings. The summed E-state index contributed by atoms with van der Waals surface area (Å²) in [5.41, 5.74) is -4.58. The highest BCUT2D eigenvalue weighted by Crippen LogP contribution is 2.46. The Hall–Kier alpha value is -1.43. The van der Waals surface area contributed by atoms with E-state index in [4.69, 9.17) is 18.0 Å². The van der Waals surface area contributed by atoms with Gasteiger partial charge in [-0.3, -0.25) is 19.6 Å². The van der Waals surface area contributed by atoms with E-state index >= 15 is 0 Å². The molecule has 0 amide bonds. The summed E-state index contributed by atoms with van der Waals surface area (Å²) in [5.74, 6) is 0. The molecule has 2 N–H and O–H groups in total. The Balaban J connectivity index is 2.82. The SMILES string of the molecule is CC(C)(C)[Si](C)(C)OC[C@H]1O[C@@H](n2c(=O)[nH]c(=O)c(=O)[nH]c2=O)[C@H](O[Si](C)(C)C(C)(C)C)[C@@H]1O[Si](C)(C)C(C)(C)C. The van der Waals surface area contributed by atoms with E-state index in [0.717, 1.165) is 4.57 Å². The highest BCUT2D eigenvalue weighted by atomic mass is 28.4. The summed E-state index contributed by atoms with van der Waals surface area (Å²) in [4.78, 5) is 54.5. The van der Waals surface area contributed by atoms with Crippen molar-refractivity contribution in [3.63, 3.8) is 0 Å². The van der Waals surface area contributed by atoms with Gasteiger partial charge in [0.05, 0.1) is 6.61 Å². The van der Waals surface area contributed by atoms with Gasteiger partial charge in [-0.15, -0.1) is 0 Å². The standard InChI is InChI=1S/C27H53N3O8Si3/c1-25(2,3)39(10,11)35-16-17-18(37-40(12,13)26(4,5)6)19(38-41(14,15)27(7,8)9)22(36-17)30-23(33)28-20(31)21(32)29-24(30)34/h17-19,22H,16H2,1-15H3,(H,28,31,33)(H,29,32,34)/t17-,18-,19-,22-/m1/s1. The number of aromatic amines is 2. The van der Waals surface area contributed by atoms with Crippen molar-refractivity contribution in [2.45, 2.75) is 141 Å². The maximum atomic E-state index is 13.2. The quantitative estimate of drug-likeness (QED) is 0.320. The predicted molar refractivity (Wildman–Crippen MR) is 169 cm³/mol. The fraction of sp³-hybridized carbons (Fsp3) is 0.852. The maximum absolute atomic E-state index is 13.2. The van der Waals surface area contributed by atoms with Crippen molar-refractivity contribution >= 4 is 25.0 Å². The van der Waals surface area contributed by atoms with E-state index in [-0.39, 0.29) is 21.7 Å². The van der Waals surface area contributed by atoms with E-state index in [1.165, 1.54) is 0 Å². The second-order valence-electron chi connectivity index (χ2n) is 15.7. The van der Waals surface area contributed by atoms with Crippen LogP contribution < -0.4 is 22.5 Å². The molecule has 14 heteroatoms. The molecule has 236 valence electrons. The molecule has 0 spiro atoms. The molecule has 0 aliphatic carbocycles. The summed E-state index contributed by atoms with van der Waals surface area (Å²) in [6.45, 7) is 31.9. The minimum Gasteiger partial charge on any atom is -0.414 e. The van der Waals surface area contributed by atoms with Crippen molar-refractivity contribution in [1.82, 2.24) is 14.5 Å². The van der Waals surface area contributed by atoms with Crippen molar-refractivity contribution in [3.05, 3.63) is 41.7 Å². The van der Waals surface area contributed by atoms with Crippen LogP contribution in [-0.2, 0) is 18.0 Å². The molecule has 0 radical (unpaired) electrons. The summed E-state index contributed by atoms with van der Waals surface area (Å²) in [7, 11) is -7.22. The van der Waals surface area contributed by atoms with Crippen LogP contribution in [0.25, 0.3) is 0 Å². The molecular weight excluding hydrogens is 579 g/mol. The zero-order valence-corrected chi connectivity index (χ0v) is 30.7. The first kappa shape index (κ1) is 35.8. The number of H-pyrrole nitrogens is 2. The first-order valence-electron chi connectivity index (χ1n) is 14.3. The number of hydrogen-bond donors (Lipinski definition) is 2. The van der Waals surface area contributed by atoms with Gasteiger partial charge in [-0.05, 0) is 54.4 Å². The molecule has 2 rings (SSSR count). The van der Waals surface area contributed by atoms with Crippen LogP contribution in [0.15, 0.2) is 19.2 Å². The molecule has 0 aromatic carbocycles. The molecule has 1 aliphatic heterocycles. The lowest BCUT2D eigenvalue weighted by Crippen LogP contribution is -2.55. The first-order valence-corrected chi connectivity index (χ1v) is 23.0. The summed E-state index contributed by atoms with van der Waals surface area (Å²) < 4.78 is 27.7. The molecule has 1 aliphatic rings. The molecule has 0 saturated carbocycles. The number of ether oxygens (including phenoxy) is 1. The topological polar surface area (TPSA) is 142 Å². The average Bonchev–Trinajstić information content (AvgIpc) is 3.00. The van der Waals surface area contributed by atoms with Gasteiger partial charge in [0.15, 0.2) is 31.2 Å². The van der Waals surface area contributed by atoms with E-state index < -0.39 is 72.0 Å². The van der Waals surface area contributed by atoms with Crippen LogP contribution in [-0.4, -0.2) is 64.4 Å². The second-order valence-corrected chi connectivity index (χ2v) is 30.0. The molecule has 1 saturated heterocycles. The predicted octanol–water partition coefficient (Wildman–Crippen LogP) is 4.29. The number of hydrogen-bond acceptors (Lipinski definition) is 8. The minimum absolute atomic E-state index is 0.0664. The summed E-state index contributed by atoms with van der Waals surface area (Å²) in [6.07, 6.45) is -3.54. The van der Waals surface area contributed by atoms with Crippen molar-refractivity contribution in [2.75, 3.05) is 6.61 Å². The third-order valence-electron chi connectivity index (χ3n) is 9.51. The highest BCUT2D eigenvalue weighted by Gasteiger charge is 2.55. The normalized spacial score (nSPS) is 23.2. The molecule has 4 atom stereocenters. The van der Waals surface area contributed by atoms with E-state index in [2.05, 4.69) is 102 Å². The minimum atomic E-state index is -2.54. The number of nitrogens with zero attached hydrogens (tertiary/aromatic N) is 1. The van der Waals surface area contributed by atoms with Crippen LogP contribution in [0.4, 0.5) is 0 Å². The highest BCUT2D eigenvalue weighted by molar-refractivity contribution is 6.75. The van der Waals surface area contributed by atoms with Crippen LogP contribution in [0.3, 0.4) is 0 Å². The van der Waals surface area contributed by atoms with Crippen LogP contribution in [0.1, 0.15) is 68.5 Å². The summed E-state index contributed by atoms with van der Waals surface area (Å²) in [5, 5.41) is -0.444. The van der Waals surface area contributed by atoms with Crippen molar-refractivity contribution in [1.29, 1.82) is 0 Å². The summed E-state index contributed by atoms with van der Waals surface area (Å²) in [6, 6.07) is 0. The second kappa shape index (κ2) is 11.6. The third-order valence-corrected chi connectivity index (χ3v) is 23.0. The first-order chi connectivity index (χ1) is 18.1. The van der Waals surface area contributed by atoms with E-state index in [9.17, 15) is 19.2 Å². The molecule has 1 aromatic rings. The van der Waals surface area contributed by atoms with E-state index in [0.29, 0.717) is 0 Å². The Morgan fingerprint density at radius 2 is 1.02 bits per heavy atom. The monoisotopic (exact) mass is 631 g/mol. The molecule has 41 heavy (non-hydrogen) atoms. The van der Waals surface area contributed by atoms with Gasteiger partial charge in [0, 0.05) is 0 Å². The van der Waals surface area contributed by atoms with Crippen molar-refractivity contribution in [2.24, 2.45) is 0 Å². The zero-order chi connectivity index (χ0) is 32.1. The lowest BCUT2D eigenvalue weighted by atomic mass is 10.1. The molecular formula is C27H53N3O8Si3. The zero-order valence-electron chi connectivity index (χ0n) is 27.7. The fourth-order valence-corrected chi connectivity index (χ4v) is 7.23. The fourth-order valence-electron chi connectivity index (χ4n) is 3.61. The molecule has 2 heterocycles. The number of nitrogens with one attached hydrogen (secondary N) is 2. The van der Waals surface area contributed by atoms with Crippen LogP contribution in [0, 0.1) is 0 Å². The molecule has 0 unspecified atom stereocenters. The number of aromatic nitrogens is 3. The van der Waals surface area contributed by atoms with Gasteiger partial charge in [0.2, 0.25) is 0 Å². The molecule has 1 aromatic heterocycles. The maximum Gasteiger partial charge on any atom is 0.334 e. The van der Waals surface area contributed by atoms with Crippen molar-refractivity contribution in [3.8, 4) is 0 Å². The number of rotatable bonds is 8. The average molecular weight is 632 g/mol. The van der Waals surface area contributed by atoms with E-state index in [1.807, 2.05) is 9.97 Å². The Morgan fingerprint density at radius 3 is 1.39 bits per heavy atom. The van der Waals surface area contributed by atoms with Gasteiger partial charge in [-0.25, -0.2) is 14.2 Å². The smallest absolute Gasteiger partial charge is 0.334 e. The van der Waals surface area contributed by atoms with Crippen LogP contribution >= 0.6 is 0 Å². The molecule has 0 bridgehead atoms. The van der Waals surface area contributed by atoms with Gasteiger partial charge < -0.3 is 18.0 Å². The lowest BCUT2D eigenvalue weighted by Gasteiger charge is -2.44. The van der Waals surface area contributed by atoms with Crippen molar-refractivity contribution < 1.29 is 18.0 Å². The summed E-state index contributed by atoms with van der Waals surface area (Å²) >= 11 is 0. The third kappa shape index (κ3) is 7.75. The Bertz CT molecular complexity index is 1280. The Morgan fingerprint density at radius 1 is 0.659 bits per heavy atom. The van der Waals surface area contributed by atoms with Crippen LogP contribution in [0.2, 0.25) is 54.4 Å².